The van der Waals surface area contributed by atoms with E-state index in [-0.39, 0.29) is 29.8 Å². The fraction of sp³-hybridized carbons (Fsp3) is 0.516. The summed E-state index contributed by atoms with van der Waals surface area (Å²) in [5, 5.41) is 3.37. The van der Waals surface area contributed by atoms with Gasteiger partial charge in [0.05, 0.1) is 36.7 Å². The number of ether oxygens (including phenoxy) is 2. The van der Waals surface area contributed by atoms with E-state index in [2.05, 4.69) is 5.32 Å². The summed E-state index contributed by atoms with van der Waals surface area (Å²) in [6.07, 6.45) is 5.16. The molecule has 0 spiro atoms. The van der Waals surface area contributed by atoms with E-state index in [0.29, 0.717) is 67.1 Å². The van der Waals surface area contributed by atoms with Crippen molar-refractivity contribution in [1.29, 1.82) is 0 Å². The first-order valence-corrected chi connectivity index (χ1v) is 15.6. The van der Waals surface area contributed by atoms with E-state index >= 15 is 0 Å². The molecule has 1 aliphatic carbocycles. The van der Waals surface area contributed by atoms with Crippen LogP contribution in [0.1, 0.15) is 78.0 Å². The molecule has 1 aliphatic heterocycles. The van der Waals surface area contributed by atoms with Gasteiger partial charge in [0.2, 0.25) is 17.0 Å². The van der Waals surface area contributed by atoms with Crippen LogP contribution in [0.2, 0.25) is 0 Å². The average Bonchev–Trinajstić information content (AvgIpc) is 3.77. The van der Waals surface area contributed by atoms with Gasteiger partial charge in [-0.2, -0.15) is 4.31 Å². The topological polar surface area (TPSA) is 131 Å². The van der Waals surface area contributed by atoms with Crippen LogP contribution < -0.4 is 5.32 Å². The molecule has 1 unspecified atom stereocenters. The van der Waals surface area contributed by atoms with Gasteiger partial charge < -0.3 is 19.2 Å². The molecule has 42 heavy (non-hydrogen) atoms. The number of carbonyl (C=O) groups is 2. The predicted octanol–water partition coefficient (Wildman–Crippen LogP) is 5.12. The number of hydrogen-bond donors (Lipinski definition) is 2. The Hall–Kier alpha value is -3.12. The summed E-state index contributed by atoms with van der Waals surface area (Å²) in [4.78, 5) is 30.0. The van der Waals surface area contributed by atoms with Crippen LogP contribution in [0.5, 0.6) is 0 Å². The lowest BCUT2D eigenvalue weighted by molar-refractivity contribution is -0.145. The van der Waals surface area contributed by atoms with E-state index in [0.717, 1.165) is 42.4 Å². The van der Waals surface area contributed by atoms with Crippen molar-refractivity contribution in [3.05, 3.63) is 52.7 Å². The van der Waals surface area contributed by atoms with Crippen LogP contribution >= 0.6 is 0 Å². The third-order valence-electron chi connectivity index (χ3n) is 8.54. The summed E-state index contributed by atoms with van der Waals surface area (Å²) in [6, 6.07) is 9.75. The summed E-state index contributed by atoms with van der Waals surface area (Å²) in [6.45, 7) is 3.69. The van der Waals surface area contributed by atoms with Crippen molar-refractivity contribution in [3.63, 3.8) is 0 Å². The van der Waals surface area contributed by atoms with Gasteiger partial charge in [-0.3, -0.25) is 14.1 Å². The molecule has 2 aromatic heterocycles. The van der Waals surface area contributed by atoms with Gasteiger partial charge in [-0.15, -0.1) is 0 Å². The van der Waals surface area contributed by atoms with E-state index in [1.165, 1.54) is 11.4 Å². The van der Waals surface area contributed by atoms with Crippen LogP contribution in [0.4, 0.5) is 0 Å². The first-order valence-electron chi connectivity index (χ1n) is 14.5. The molecule has 1 atom stereocenters. The number of carbonyl (C=O) groups excluding carboxylic acids is 2. The van der Waals surface area contributed by atoms with Crippen LogP contribution in [0.15, 0.2) is 34.7 Å². The number of esters is 1. The zero-order valence-electron chi connectivity index (χ0n) is 24.4. The Bertz CT molecular complexity index is 1460. The van der Waals surface area contributed by atoms with Crippen molar-refractivity contribution in [2.24, 2.45) is 5.41 Å². The molecule has 3 aromatic rings. The summed E-state index contributed by atoms with van der Waals surface area (Å²) in [5.74, 6) is 0.232. The number of rotatable bonds is 12. The molecule has 1 aromatic carbocycles. The molecule has 226 valence electrons. The van der Waals surface area contributed by atoms with Crippen molar-refractivity contribution in [1.82, 2.24) is 14.6 Å². The van der Waals surface area contributed by atoms with Crippen LogP contribution in [0.25, 0.3) is 22.4 Å². The molecule has 0 radical (unpaired) electrons. The Morgan fingerprint density at radius 3 is 2.55 bits per heavy atom. The Balaban J connectivity index is 1.42. The number of aryl methyl sites for hydroxylation is 1. The maximum absolute atomic E-state index is 13.0. The van der Waals surface area contributed by atoms with E-state index < -0.39 is 11.3 Å². The van der Waals surface area contributed by atoms with Crippen molar-refractivity contribution in [3.8, 4) is 11.3 Å². The second kappa shape index (κ2) is 13.0. The van der Waals surface area contributed by atoms with Gasteiger partial charge in [0, 0.05) is 32.4 Å². The largest absolute Gasteiger partial charge is 0.469 e. The highest BCUT2D eigenvalue weighted by Gasteiger charge is 2.36. The third-order valence-corrected chi connectivity index (χ3v) is 9.30. The highest BCUT2D eigenvalue weighted by atomic mass is 32.2. The Morgan fingerprint density at radius 2 is 1.93 bits per heavy atom. The lowest BCUT2D eigenvalue weighted by Crippen LogP contribution is -2.34. The zero-order chi connectivity index (χ0) is 29.9. The molecular weight excluding hydrogens is 558 g/mol. The lowest BCUT2D eigenvalue weighted by atomic mass is 9.74. The maximum Gasteiger partial charge on any atom is 0.306 e. The molecule has 1 saturated heterocycles. The standard InChI is InChI=1S/C31H39N3O7S/c1-20-5-7-22(8-6-20)28-27(29(36)32-2)24-17-23(21-9-10-21)25(33-30(24)41-28)19-34(42(37)38)14-4-11-31(18-26(35)39-3)12-15-40-16-13-31/h5-8,17,21H,4,9-16,18-19H2,1-3H3,(H,32,36)(H,37,38). The summed E-state index contributed by atoms with van der Waals surface area (Å²) >= 11 is -2.23. The number of pyridine rings is 1. The number of nitrogens with one attached hydrogen (secondary N) is 1. The molecule has 11 heteroatoms. The molecule has 10 nitrogen and oxygen atoms in total. The summed E-state index contributed by atoms with van der Waals surface area (Å²) in [5.41, 5.74) is 4.05. The number of benzene rings is 1. The van der Waals surface area contributed by atoms with Gasteiger partial charge in [-0.1, -0.05) is 29.8 Å². The summed E-state index contributed by atoms with van der Waals surface area (Å²) < 4.78 is 40.9. The van der Waals surface area contributed by atoms with Gasteiger partial charge in [0.25, 0.3) is 5.91 Å². The number of aromatic nitrogens is 1. The van der Waals surface area contributed by atoms with Gasteiger partial charge >= 0.3 is 5.97 Å². The van der Waals surface area contributed by atoms with Gasteiger partial charge in [0.15, 0.2) is 0 Å². The van der Waals surface area contributed by atoms with Gasteiger partial charge in [-0.05, 0) is 68.4 Å². The monoisotopic (exact) mass is 597 g/mol. The Morgan fingerprint density at radius 1 is 1.21 bits per heavy atom. The third kappa shape index (κ3) is 6.75. The van der Waals surface area contributed by atoms with Gasteiger partial charge in [0.1, 0.15) is 5.76 Å². The fourth-order valence-electron chi connectivity index (χ4n) is 5.92. The van der Waals surface area contributed by atoms with Crippen molar-refractivity contribution < 1.29 is 32.2 Å². The van der Waals surface area contributed by atoms with E-state index in [9.17, 15) is 18.4 Å². The highest BCUT2D eigenvalue weighted by molar-refractivity contribution is 7.76. The van der Waals surface area contributed by atoms with Crippen molar-refractivity contribution in [2.45, 2.75) is 64.3 Å². The van der Waals surface area contributed by atoms with E-state index in [1.54, 1.807) is 7.05 Å². The summed E-state index contributed by atoms with van der Waals surface area (Å²) in [7, 11) is 2.99. The normalized spacial score (nSPS) is 17.4. The van der Waals surface area contributed by atoms with Crippen LogP contribution in [0, 0.1) is 12.3 Å². The van der Waals surface area contributed by atoms with E-state index in [4.69, 9.17) is 18.9 Å². The predicted molar refractivity (Wildman–Crippen MR) is 159 cm³/mol. The number of nitrogens with zero attached hydrogens (tertiary/aromatic N) is 2. The first-order chi connectivity index (χ1) is 20.2. The zero-order valence-corrected chi connectivity index (χ0v) is 25.3. The smallest absolute Gasteiger partial charge is 0.306 e. The number of furan rings is 1. The minimum Gasteiger partial charge on any atom is -0.469 e. The van der Waals surface area contributed by atoms with Crippen LogP contribution in [0.3, 0.4) is 0 Å². The quantitative estimate of drug-likeness (QED) is 0.217. The molecule has 3 heterocycles. The van der Waals surface area contributed by atoms with Crippen LogP contribution in [-0.4, -0.2) is 63.8 Å². The lowest BCUT2D eigenvalue weighted by Gasteiger charge is -2.36. The molecule has 0 bridgehead atoms. The SMILES string of the molecule is CNC(=O)c1c(-c2ccc(C)cc2)oc2nc(CN(CCCC3(CC(=O)OC)CCOCC3)S(=O)O)c(C3CC3)cc12. The first kappa shape index (κ1) is 30.3. The highest BCUT2D eigenvalue weighted by Crippen LogP contribution is 2.44. The second-order valence-electron chi connectivity index (χ2n) is 11.5. The maximum atomic E-state index is 13.0. The minimum absolute atomic E-state index is 0.161. The molecular formula is C31H39N3O7S. The number of methoxy groups -OCH3 is 1. The molecule has 5 rings (SSSR count). The molecule has 1 amide bonds. The average molecular weight is 598 g/mol. The number of amides is 1. The van der Waals surface area contributed by atoms with Crippen LogP contribution in [-0.2, 0) is 32.1 Å². The minimum atomic E-state index is -2.23. The van der Waals surface area contributed by atoms with E-state index in [1.807, 2.05) is 37.3 Å². The second-order valence-corrected chi connectivity index (χ2v) is 12.4. The molecule has 2 aliphatic rings. The van der Waals surface area contributed by atoms with Crippen molar-refractivity contribution >= 4 is 34.2 Å². The molecule has 2 N–H and O–H groups in total. The number of hydrogen-bond acceptors (Lipinski definition) is 7. The number of fused-ring (bicyclic) bond motifs is 1. The van der Waals surface area contributed by atoms with Crippen molar-refractivity contribution in [2.75, 3.05) is 33.9 Å². The molecule has 1 saturated carbocycles. The Labute approximate surface area is 248 Å². The molecule has 2 fully saturated rings. The van der Waals surface area contributed by atoms with Gasteiger partial charge in [-0.25, -0.2) is 9.19 Å². The fourth-order valence-corrected chi connectivity index (χ4v) is 6.43. The Kier molecular flexibility index (Phi) is 9.41.